The number of hydrogen-bond acceptors (Lipinski definition) is 8. The summed E-state index contributed by atoms with van der Waals surface area (Å²) in [4.78, 5) is 51.4. The minimum absolute atomic E-state index is 0.117. The molecule has 3 heterocycles. The van der Waals surface area contributed by atoms with Gasteiger partial charge in [-0.2, -0.15) is 0 Å². The molecule has 10 nitrogen and oxygen atoms in total. The van der Waals surface area contributed by atoms with Crippen molar-refractivity contribution in [2.24, 2.45) is 5.73 Å². The van der Waals surface area contributed by atoms with Gasteiger partial charge in [0.15, 0.2) is 0 Å². The molecule has 0 bridgehead atoms. The van der Waals surface area contributed by atoms with Gasteiger partial charge in [-0.25, -0.2) is 9.59 Å². The van der Waals surface area contributed by atoms with Gasteiger partial charge in [0.05, 0.1) is 11.1 Å². The Hall–Kier alpha value is -4.17. The van der Waals surface area contributed by atoms with E-state index in [9.17, 15) is 32.3 Å². The number of rotatable bonds is 6. The van der Waals surface area contributed by atoms with Crippen LogP contribution >= 0.6 is 11.3 Å². The molecule has 14 heteroatoms. The van der Waals surface area contributed by atoms with Gasteiger partial charge in [-0.15, -0.1) is 24.5 Å². The smallest absolute Gasteiger partial charge is 0.477 e. The average Bonchev–Trinajstić information content (AvgIpc) is 3.24. The van der Waals surface area contributed by atoms with Gasteiger partial charge in [-0.3, -0.25) is 14.5 Å². The van der Waals surface area contributed by atoms with Gasteiger partial charge in [-0.1, -0.05) is 12.1 Å². The number of halogens is 3. The predicted molar refractivity (Wildman–Crippen MR) is 143 cm³/mol. The summed E-state index contributed by atoms with van der Waals surface area (Å²) in [7, 11) is 0. The molecule has 1 aliphatic heterocycles. The van der Waals surface area contributed by atoms with Crippen LogP contribution in [0.2, 0.25) is 0 Å². The number of carboxylic acid groups (broad SMARTS) is 1. The van der Waals surface area contributed by atoms with Crippen molar-refractivity contribution in [2.45, 2.75) is 33.7 Å². The molecule has 3 N–H and O–H groups in total. The number of nitrogens with two attached hydrogens (primary N) is 1. The van der Waals surface area contributed by atoms with E-state index in [0.717, 1.165) is 22.6 Å². The third-order valence-electron chi connectivity index (χ3n) is 6.18. The van der Waals surface area contributed by atoms with Gasteiger partial charge < -0.3 is 24.9 Å². The molecule has 2 aromatic heterocycles. The van der Waals surface area contributed by atoms with E-state index in [1.165, 1.54) is 29.5 Å². The quantitative estimate of drug-likeness (QED) is 0.436. The number of ether oxygens (including phenoxy) is 1. The number of hydrogen-bond donors (Lipinski definition) is 2. The molecular formula is C27H28F3N3O7S. The predicted octanol–water partition coefficient (Wildman–Crippen LogP) is 3.97. The van der Waals surface area contributed by atoms with Crippen LogP contribution in [-0.2, 0) is 6.54 Å². The second-order valence-electron chi connectivity index (χ2n) is 9.18. The maximum Gasteiger partial charge on any atom is 0.573 e. The largest absolute Gasteiger partial charge is 0.573 e. The van der Waals surface area contributed by atoms with Crippen LogP contribution < -0.4 is 16.1 Å². The monoisotopic (exact) mass is 595 g/mol. The van der Waals surface area contributed by atoms with Crippen LogP contribution in [0.15, 0.2) is 45.6 Å². The van der Waals surface area contributed by atoms with E-state index < -0.39 is 29.6 Å². The third kappa shape index (κ3) is 8.41. The van der Waals surface area contributed by atoms with Crippen molar-refractivity contribution >= 4 is 29.1 Å². The Morgan fingerprint density at radius 2 is 1.68 bits per heavy atom. The van der Waals surface area contributed by atoms with Gasteiger partial charge in [-0.05, 0) is 50.1 Å². The number of aromatic carboxylic acids is 1. The molecule has 1 fully saturated rings. The number of piperazine rings is 1. The normalized spacial score (nSPS) is 13.8. The lowest BCUT2D eigenvalue weighted by Gasteiger charge is -2.35. The number of nitrogens with zero attached hydrogens (tertiary/aromatic N) is 2. The summed E-state index contributed by atoms with van der Waals surface area (Å²) in [5.74, 6) is -2.22. The molecular weight excluding hydrogens is 567 g/mol. The van der Waals surface area contributed by atoms with E-state index in [-0.39, 0.29) is 11.5 Å². The Bertz CT molecular complexity index is 1470. The van der Waals surface area contributed by atoms with Gasteiger partial charge in [0.2, 0.25) is 0 Å². The Balaban J connectivity index is 0.000000278. The first kappa shape index (κ1) is 31.4. The number of thiophene rings is 1. The number of para-hydroxylation sites is 1. The number of amides is 2. The second kappa shape index (κ2) is 13.0. The number of aryl methyl sites for hydroxylation is 3. The zero-order valence-corrected chi connectivity index (χ0v) is 23.2. The van der Waals surface area contributed by atoms with Crippen LogP contribution in [0, 0.1) is 20.8 Å². The summed E-state index contributed by atoms with van der Waals surface area (Å²) in [6.07, 6.45) is -4.83. The summed E-state index contributed by atoms with van der Waals surface area (Å²) in [5.41, 5.74) is 6.18. The lowest BCUT2D eigenvalue weighted by atomic mass is 10.1. The highest BCUT2D eigenvalue weighted by atomic mass is 32.1. The lowest BCUT2D eigenvalue weighted by Crippen LogP contribution is -2.48. The highest BCUT2D eigenvalue weighted by molar-refractivity contribution is 7.14. The van der Waals surface area contributed by atoms with E-state index in [2.05, 4.69) is 9.64 Å². The minimum atomic E-state index is -4.83. The zero-order chi connectivity index (χ0) is 30.5. The number of alkyl halides is 3. The molecule has 41 heavy (non-hydrogen) atoms. The Kier molecular flexibility index (Phi) is 9.94. The Morgan fingerprint density at radius 1 is 1.05 bits per heavy atom. The van der Waals surface area contributed by atoms with Crippen LogP contribution in [0.3, 0.4) is 0 Å². The minimum Gasteiger partial charge on any atom is -0.477 e. The molecule has 1 aromatic carbocycles. The molecule has 220 valence electrons. The van der Waals surface area contributed by atoms with Crippen molar-refractivity contribution < 1.29 is 41.8 Å². The number of benzene rings is 1. The van der Waals surface area contributed by atoms with E-state index in [1.54, 1.807) is 24.8 Å². The maximum absolute atomic E-state index is 12.8. The van der Waals surface area contributed by atoms with Gasteiger partial charge in [0.25, 0.3) is 11.8 Å². The molecule has 3 aromatic rings. The first-order chi connectivity index (χ1) is 19.2. The number of carboxylic acids is 1. The SMILES string of the molecule is Cc1cc(C(=O)O)sc1CN1CCN(C(=O)c2c(C)cc(=O)oc2C)CC1.NC(=O)c1ccccc1OC(F)(F)F. The van der Waals surface area contributed by atoms with Gasteiger partial charge >= 0.3 is 18.0 Å². The number of carbonyl (C=O) groups excluding carboxylic acids is 2. The van der Waals surface area contributed by atoms with Gasteiger partial charge in [0, 0.05) is 43.7 Å². The van der Waals surface area contributed by atoms with E-state index in [1.807, 2.05) is 6.92 Å². The van der Waals surface area contributed by atoms with E-state index in [0.29, 0.717) is 54.5 Å². The summed E-state index contributed by atoms with van der Waals surface area (Å²) >= 11 is 1.31. The first-order valence-corrected chi connectivity index (χ1v) is 13.1. The Labute approximate surface area is 236 Å². The maximum atomic E-state index is 12.8. The molecule has 0 atom stereocenters. The molecule has 4 rings (SSSR count). The highest BCUT2D eigenvalue weighted by Crippen LogP contribution is 2.26. The summed E-state index contributed by atoms with van der Waals surface area (Å²) in [6, 6.07) is 7.93. The van der Waals surface area contributed by atoms with Crippen LogP contribution in [0.5, 0.6) is 5.75 Å². The fourth-order valence-electron chi connectivity index (χ4n) is 4.21. The van der Waals surface area contributed by atoms with Crippen LogP contribution in [0.25, 0.3) is 0 Å². The molecule has 0 aliphatic carbocycles. The highest BCUT2D eigenvalue weighted by Gasteiger charge is 2.32. The molecule has 0 saturated carbocycles. The standard InChI is InChI=1S/C19H22N2O5S.C8H6F3NO2/c1-11-8-14(19(24)25)27-15(11)10-20-4-6-21(7-5-20)18(23)17-12(2)9-16(22)26-13(17)3;9-8(10,11)14-6-4-2-1-3-5(6)7(12)13/h8-9H,4-7,10H2,1-3H3,(H,24,25);1-4H,(H2,12,13). The summed E-state index contributed by atoms with van der Waals surface area (Å²) in [5, 5.41) is 9.12. The van der Waals surface area contributed by atoms with E-state index >= 15 is 0 Å². The van der Waals surface area contributed by atoms with Crippen LogP contribution in [0.4, 0.5) is 13.2 Å². The topological polar surface area (TPSA) is 143 Å². The van der Waals surface area contributed by atoms with Gasteiger partial charge in [0.1, 0.15) is 16.4 Å². The molecule has 0 unspecified atom stereocenters. The van der Waals surface area contributed by atoms with Crippen molar-refractivity contribution in [1.82, 2.24) is 9.80 Å². The van der Waals surface area contributed by atoms with Crippen molar-refractivity contribution in [3.05, 3.63) is 84.6 Å². The molecule has 1 saturated heterocycles. The van der Waals surface area contributed by atoms with Crippen molar-refractivity contribution in [3.8, 4) is 5.75 Å². The fourth-order valence-corrected chi connectivity index (χ4v) is 5.27. The number of carbonyl (C=O) groups is 3. The summed E-state index contributed by atoms with van der Waals surface area (Å²) < 4.78 is 44.1. The van der Waals surface area contributed by atoms with Crippen molar-refractivity contribution in [2.75, 3.05) is 26.2 Å². The van der Waals surface area contributed by atoms with Crippen molar-refractivity contribution in [3.63, 3.8) is 0 Å². The lowest BCUT2D eigenvalue weighted by molar-refractivity contribution is -0.274. The van der Waals surface area contributed by atoms with Crippen LogP contribution in [-0.4, -0.2) is 65.2 Å². The zero-order valence-electron chi connectivity index (χ0n) is 22.4. The van der Waals surface area contributed by atoms with E-state index in [4.69, 9.17) is 15.3 Å². The average molecular weight is 596 g/mol. The molecule has 0 radical (unpaired) electrons. The third-order valence-corrected chi connectivity index (χ3v) is 7.39. The first-order valence-electron chi connectivity index (χ1n) is 12.3. The summed E-state index contributed by atoms with van der Waals surface area (Å²) in [6.45, 7) is 8.56. The second-order valence-corrected chi connectivity index (χ2v) is 10.3. The molecule has 0 spiro atoms. The fraction of sp³-hybridized carbons (Fsp3) is 0.333. The molecule has 1 aliphatic rings. The van der Waals surface area contributed by atoms with Crippen LogP contribution in [0.1, 0.15) is 52.2 Å². The van der Waals surface area contributed by atoms with Crippen molar-refractivity contribution in [1.29, 1.82) is 0 Å². The number of primary amides is 1. The molecule has 2 amide bonds. The Morgan fingerprint density at radius 3 is 2.22 bits per heavy atom.